The first-order valence-corrected chi connectivity index (χ1v) is 14.1. The Morgan fingerprint density at radius 1 is 1.26 bits per heavy atom. The van der Waals surface area contributed by atoms with E-state index in [1.165, 1.54) is 22.9 Å². The maximum absolute atomic E-state index is 13.6. The number of rotatable bonds is 11. The summed E-state index contributed by atoms with van der Waals surface area (Å²) in [5.74, 6) is -0.714. The second kappa shape index (κ2) is 15.7. The minimum absolute atomic E-state index is 0. The van der Waals surface area contributed by atoms with E-state index in [-0.39, 0.29) is 89.4 Å². The molecule has 15 nitrogen and oxygen atoms in total. The van der Waals surface area contributed by atoms with Gasteiger partial charge in [-0.2, -0.15) is 4.98 Å². The molecular weight excluding hydrogens is 593 g/mol. The number of phosphoric ester groups is 1. The van der Waals surface area contributed by atoms with Crippen LogP contribution < -0.4 is 85.1 Å². The van der Waals surface area contributed by atoms with Crippen molar-refractivity contribution in [2.75, 3.05) is 31.1 Å². The van der Waals surface area contributed by atoms with Gasteiger partial charge < -0.3 is 39.2 Å². The van der Waals surface area contributed by atoms with Crippen molar-refractivity contribution in [3.8, 4) is 0 Å². The molecule has 0 unspecified atom stereocenters. The number of carbonyl (C=O) groups excluding carboxylic acids is 1. The first-order valence-electron chi connectivity index (χ1n) is 12.6. The van der Waals surface area contributed by atoms with E-state index in [4.69, 9.17) is 15.2 Å². The summed E-state index contributed by atoms with van der Waals surface area (Å²) in [6.45, 7) is 2.87. The number of aromatic nitrogens is 4. The number of nitrogens with zero attached hydrogens (tertiary/aromatic N) is 5. The minimum atomic E-state index is -5.35. The summed E-state index contributed by atoms with van der Waals surface area (Å²) in [7, 11) is -3.88. The molecule has 2 aromatic heterocycles. The summed E-state index contributed by atoms with van der Waals surface area (Å²) in [6.07, 6.45) is -0.861. The van der Waals surface area contributed by atoms with Gasteiger partial charge in [-0.05, 0) is 24.0 Å². The molecule has 1 aromatic carbocycles. The van der Waals surface area contributed by atoms with Crippen LogP contribution in [-0.4, -0.2) is 62.8 Å². The van der Waals surface area contributed by atoms with E-state index in [1.807, 2.05) is 32.0 Å². The van der Waals surface area contributed by atoms with E-state index in [2.05, 4.69) is 14.5 Å². The quantitative estimate of drug-likeness (QED) is 0.116. The normalized spacial score (nSPS) is 18.5. The molecule has 0 saturated carbocycles. The van der Waals surface area contributed by atoms with E-state index in [9.17, 15) is 29.0 Å². The van der Waals surface area contributed by atoms with Crippen molar-refractivity contribution < 1.29 is 97.4 Å². The van der Waals surface area contributed by atoms with Gasteiger partial charge in [0.2, 0.25) is 11.9 Å². The summed E-state index contributed by atoms with van der Waals surface area (Å²) in [5, 5.41) is 9.54. The number of amides is 1. The Kier molecular flexibility index (Phi) is 13.8. The third-order valence-corrected chi connectivity index (χ3v) is 7.26. The van der Waals surface area contributed by atoms with Crippen molar-refractivity contribution >= 4 is 36.5 Å². The number of phosphoric acid groups is 1. The molecule has 4 rings (SSSR count). The van der Waals surface area contributed by atoms with Crippen LogP contribution in [0.5, 0.6) is 0 Å². The molecule has 0 spiro atoms. The van der Waals surface area contributed by atoms with Gasteiger partial charge in [0, 0.05) is 13.5 Å². The first-order chi connectivity index (χ1) is 19.0. The molecule has 1 saturated heterocycles. The van der Waals surface area contributed by atoms with Gasteiger partial charge in [-0.25, -0.2) is 4.98 Å². The van der Waals surface area contributed by atoms with E-state index < -0.39 is 50.9 Å². The number of carbonyl (C=O) groups is 1. The zero-order valence-electron chi connectivity index (χ0n) is 24.3. The van der Waals surface area contributed by atoms with Gasteiger partial charge in [-0.3, -0.25) is 23.6 Å². The van der Waals surface area contributed by atoms with Crippen LogP contribution in [0.15, 0.2) is 29.3 Å². The van der Waals surface area contributed by atoms with Crippen LogP contribution in [-0.2, 0) is 42.7 Å². The van der Waals surface area contributed by atoms with Crippen LogP contribution in [0.25, 0.3) is 11.2 Å². The number of aliphatic hydroxyl groups is 1. The molecule has 18 heteroatoms. The molecule has 42 heavy (non-hydrogen) atoms. The molecule has 0 radical (unpaired) electrons. The minimum Gasteiger partial charge on any atom is -0.790 e. The van der Waals surface area contributed by atoms with Crippen LogP contribution in [0.4, 0.5) is 11.6 Å². The number of nitrogens with two attached hydrogens (primary N) is 1. The molecule has 1 amide bonds. The predicted octanol–water partition coefficient (Wildman–Crippen LogP) is -6.56. The van der Waals surface area contributed by atoms with Gasteiger partial charge in [0.15, 0.2) is 11.2 Å². The van der Waals surface area contributed by atoms with Crippen molar-refractivity contribution in [1.29, 1.82) is 0 Å². The van der Waals surface area contributed by atoms with Gasteiger partial charge >= 0.3 is 59.1 Å². The standard InChI is InChI=1S/C24H33N6O9P.2Na/c1-4-14-7-6-8-15(5-2)21(14)30(13-37-3)18(32)10-28-23(33)20-22(27-24(28)25)29(12-26-20)19-9-16(17(11-31)38-19)39-40(34,35)36;;/h6-8,12,16-17,19,31H,4-5,9-11,13H2,1-3H3,(H2,25,27)(H2,34,35,36);;/q;2*+1/p-2/t16-,17+,19+;;/m0../s1. The number of fused-ring (bicyclic) bond motifs is 1. The van der Waals surface area contributed by atoms with E-state index in [0.29, 0.717) is 12.8 Å². The molecule has 218 valence electrons. The first kappa shape index (κ1) is 37.0. The summed E-state index contributed by atoms with van der Waals surface area (Å²) in [5.41, 5.74) is 7.97. The molecule has 0 bridgehead atoms. The third-order valence-electron chi connectivity index (χ3n) is 6.74. The second-order valence-corrected chi connectivity index (χ2v) is 10.3. The Morgan fingerprint density at radius 3 is 2.45 bits per heavy atom. The number of hydrogen-bond acceptors (Lipinski definition) is 12. The molecular formula is C24H31N6Na2O9P. The SMILES string of the molecule is CCc1cccc(CC)c1N(COC)C(=O)Cn1c(N)nc2c(ncn2[C@H]2C[C@H](OP(=O)([O-])[O-])[C@@H](CO)O2)c1=O.[Na+].[Na+]. The van der Waals surface area contributed by atoms with Crippen LogP contribution in [0.1, 0.15) is 37.6 Å². The van der Waals surface area contributed by atoms with Crippen molar-refractivity contribution in [3.05, 3.63) is 46.0 Å². The topological polar surface area (TPSA) is 210 Å². The molecule has 1 fully saturated rings. The number of para-hydroxylation sites is 1. The Bertz CT molecular complexity index is 1470. The number of methoxy groups -OCH3 is 1. The Labute approximate surface area is 286 Å². The molecule has 3 aromatic rings. The zero-order chi connectivity index (χ0) is 29.2. The van der Waals surface area contributed by atoms with Crippen molar-refractivity contribution in [2.24, 2.45) is 0 Å². The van der Waals surface area contributed by atoms with Crippen molar-refractivity contribution in [1.82, 2.24) is 19.1 Å². The third kappa shape index (κ3) is 7.91. The maximum Gasteiger partial charge on any atom is 1.00 e. The molecule has 3 N–H and O–H groups in total. The van der Waals surface area contributed by atoms with Gasteiger partial charge in [-0.1, -0.05) is 32.0 Å². The van der Waals surface area contributed by atoms with Crippen LogP contribution in [0.3, 0.4) is 0 Å². The average molecular weight is 624 g/mol. The molecule has 3 atom stereocenters. The van der Waals surface area contributed by atoms with Gasteiger partial charge in [-0.15, -0.1) is 0 Å². The second-order valence-electron chi connectivity index (χ2n) is 9.20. The Balaban J connectivity index is 0.00000308. The van der Waals surface area contributed by atoms with Gasteiger partial charge in [0.25, 0.3) is 5.56 Å². The number of aryl methyl sites for hydroxylation is 2. The van der Waals surface area contributed by atoms with Crippen LogP contribution in [0, 0.1) is 0 Å². The molecule has 3 heterocycles. The molecule has 0 aliphatic carbocycles. The van der Waals surface area contributed by atoms with E-state index in [1.54, 1.807) is 0 Å². The number of benzene rings is 1. The number of nitrogen functional groups attached to an aromatic ring is 1. The Morgan fingerprint density at radius 2 is 1.90 bits per heavy atom. The fraction of sp³-hybridized carbons (Fsp3) is 0.500. The monoisotopic (exact) mass is 624 g/mol. The van der Waals surface area contributed by atoms with E-state index >= 15 is 0 Å². The summed E-state index contributed by atoms with van der Waals surface area (Å²) in [4.78, 5) is 59.0. The number of ether oxygens (including phenoxy) is 2. The summed E-state index contributed by atoms with van der Waals surface area (Å²) in [6, 6.07) is 5.79. The van der Waals surface area contributed by atoms with Crippen LogP contribution >= 0.6 is 7.82 Å². The smallest absolute Gasteiger partial charge is 0.790 e. The number of anilines is 2. The fourth-order valence-electron chi connectivity index (χ4n) is 4.87. The number of imidazole rings is 1. The molecule has 1 aliphatic rings. The summed E-state index contributed by atoms with van der Waals surface area (Å²) < 4.78 is 28.9. The Hall–Kier alpha value is -1.17. The fourth-order valence-corrected chi connectivity index (χ4v) is 5.42. The summed E-state index contributed by atoms with van der Waals surface area (Å²) >= 11 is 0. The van der Waals surface area contributed by atoms with Crippen molar-refractivity contribution in [2.45, 2.75) is 58.1 Å². The predicted molar refractivity (Wildman–Crippen MR) is 139 cm³/mol. The van der Waals surface area contributed by atoms with Crippen molar-refractivity contribution in [3.63, 3.8) is 0 Å². The molecule has 1 aliphatic heterocycles. The van der Waals surface area contributed by atoms with E-state index in [0.717, 1.165) is 21.4 Å². The maximum atomic E-state index is 13.6. The number of aliphatic hydroxyl groups excluding tert-OH is 1. The zero-order valence-corrected chi connectivity index (χ0v) is 29.2. The van der Waals surface area contributed by atoms with Crippen LogP contribution in [0.2, 0.25) is 0 Å². The van der Waals surface area contributed by atoms with Gasteiger partial charge in [0.05, 0.1) is 32.5 Å². The van der Waals surface area contributed by atoms with Gasteiger partial charge in [0.1, 0.15) is 25.6 Å². The average Bonchev–Trinajstić information content (AvgIpc) is 3.51. The number of hydrogen-bond donors (Lipinski definition) is 2. The largest absolute Gasteiger partial charge is 1.00 e.